The second-order valence-corrected chi connectivity index (χ2v) is 9.19. The van der Waals surface area contributed by atoms with E-state index in [2.05, 4.69) is 9.71 Å². The summed E-state index contributed by atoms with van der Waals surface area (Å²) >= 11 is 0. The molecule has 2 aromatic heterocycles. The summed E-state index contributed by atoms with van der Waals surface area (Å²) in [7, 11) is -2.53. The highest BCUT2D eigenvalue weighted by Crippen LogP contribution is 2.28. The van der Waals surface area contributed by atoms with Gasteiger partial charge in [-0.3, -0.25) is 14.5 Å². The minimum absolute atomic E-state index is 0.0322. The third-order valence-electron chi connectivity index (χ3n) is 5.24. The first-order valence-electron chi connectivity index (χ1n) is 10.2. The van der Waals surface area contributed by atoms with Crippen LogP contribution in [-0.2, 0) is 32.5 Å². The van der Waals surface area contributed by atoms with Gasteiger partial charge in [-0.2, -0.15) is 0 Å². The van der Waals surface area contributed by atoms with E-state index in [-0.39, 0.29) is 17.3 Å². The number of nitrogens with zero attached hydrogens (tertiary/aromatic N) is 2. The molecule has 7 nitrogen and oxygen atoms in total. The third kappa shape index (κ3) is 5.20. The van der Waals surface area contributed by atoms with Crippen molar-refractivity contribution < 1.29 is 22.3 Å². The molecule has 9 heteroatoms. The number of methoxy groups -OCH3 is 1. The van der Waals surface area contributed by atoms with Gasteiger partial charge in [0.1, 0.15) is 5.82 Å². The van der Waals surface area contributed by atoms with Crippen LogP contribution in [0.1, 0.15) is 17.5 Å². The van der Waals surface area contributed by atoms with Gasteiger partial charge in [-0.05, 0) is 59.7 Å². The van der Waals surface area contributed by atoms with Crippen molar-refractivity contribution >= 4 is 32.6 Å². The van der Waals surface area contributed by atoms with Crippen molar-refractivity contribution in [2.45, 2.75) is 24.3 Å². The molecule has 0 spiro atoms. The Hall–Kier alpha value is -3.72. The minimum Gasteiger partial charge on any atom is -0.469 e. The Morgan fingerprint density at radius 1 is 1.15 bits per heavy atom. The number of ether oxygens (including phenoxy) is 1. The maximum atomic E-state index is 13.2. The van der Waals surface area contributed by atoms with Gasteiger partial charge < -0.3 is 9.30 Å². The standard InChI is InChI=1S/C24H22FN3O4S/c1-32-24(29)10-12-28-16-18(13-17-3-2-11-26-15-17)22-14-20(6-9-23(22)28)27-33(30,31)21-7-4-19(25)5-8-21/h2-9,11,14-16,27H,10,12-13H2,1H3. The molecule has 0 bridgehead atoms. The van der Waals surface area contributed by atoms with Crippen molar-refractivity contribution in [3.8, 4) is 0 Å². The monoisotopic (exact) mass is 467 g/mol. The molecule has 0 saturated heterocycles. The average Bonchev–Trinajstić information content (AvgIpc) is 3.14. The number of carbonyl (C=O) groups excluding carboxylic acids is 1. The molecule has 33 heavy (non-hydrogen) atoms. The van der Waals surface area contributed by atoms with Gasteiger partial charge in [0.05, 0.1) is 18.4 Å². The molecule has 0 radical (unpaired) electrons. The normalized spacial score (nSPS) is 11.5. The first-order valence-corrected chi connectivity index (χ1v) is 11.7. The van der Waals surface area contributed by atoms with E-state index in [0.29, 0.717) is 18.7 Å². The topological polar surface area (TPSA) is 90.3 Å². The zero-order valence-electron chi connectivity index (χ0n) is 17.9. The lowest BCUT2D eigenvalue weighted by Crippen LogP contribution is -2.13. The van der Waals surface area contributed by atoms with Gasteiger partial charge in [0, 0.05) is 48.1 Å². The van der Waals surface area contributed by atoms with E-state index < -0.39 is 15.8 Å². The summed E-state index contributed by atoms with van der Waals surface area (Å²) in [6.07, 6.45) is 6.23. The van der Waals surface area contributed by atoms with Crippen molar-refractivity contribution in [1.82, 2.24) is 9.55 Å². The van der Waals surface area contributed by atoms with E-state index >= 15 is 0 Å². The fourth-order valence-electron chi connectivity index (χ4n) is 3.62. The van der Waals surface area contributed by atoms with Gasteiger partial charge >= 0.3 is 5.97 Å². The number of carbonyl (C=O) groups is 1. The predicted molar refractivity (Wildman–Crippen MR) is 123 cm³/mol. The second-order valence-electron chi connectivity index (χ2n) is 7.50. The number of halogens is 1. The number of hydrogen-bond donors (Lipinski definition) is 1. The van der Waals surface area contributed by atoms with Gasteiger partial charge in [-0.25, -0.2) is 12.8 Å². The van der Waals surface area contributed by atoms with Gasteiger partial charge in [-0.1, -0.05) is 6.07 Å². The smallest absolute Gasteiger partial charge is 0.307 e. The maximum absolute atomic E-state index is 13.2. The number of nitrogens with one attached hydrogen (secondary N) is 1. The lowest BCUT2D eigenvalue weighted by Gasteiger charge is -2.09. The van der Waals surface area contributed by atoms with Crippen molar-refractivity contribution in [1.29, 1.82) is 0 Å². The molecule has 0 aliphatic heterocycles. The molecule has 0 amide bonds. The maximum Gasteiger partial charge on any atom is 0.307 e. The fourth-order valence-corrected chi connectivity index (χ4v) is 4.67. The lowest BCUT2D eigenvalue weighted by atomic mass is 10.1. The largest absolute Gasteiger partial charge is 0.469 e. The lowest BCUT2D eigenvalue weighted by molar-refractivity contribution is -0.140. The van der Waals surface area contributed by atoms with Crippen LogP contribution in [0.15, 0.2) is 78.1 Å². The highest BCUT2D eigenvalue weighted by molar-refractivity contribution is 7.92. The van der Waals surface area contributed by atoms with Crippen LogP contribution in [0, 0.1) is 5.82 Å². The summed E-state index contributed by atoms with van der Waals surface area (Å²) in [5.41, 5.74) is 3.21. The molecule has 0 atom stereocenters. The Kier molecular flexibility index (Phi) is 6.41. The van der Waals surface area contributed by atoms with E-state index in [1.165, 1.54) is 19.2 Å². The molecule has 2 aromatic carbocycles. The summed E-state index contributed by atoms with van der Waals surface area (Å²) in [6, 6.07) is 13.7. The molecular formula is C24H22FN3O4S. The van der Waals surface area contributed by atoms with Crippen LogP contribution in [0.3, 0.4) is 0 Å². The zero-order chi connectivity index (χ0) is 23.4. The number of aryl methyl sites for hydroxylation is 1. The minimum atomic E-state index is -3.88. The SMILES string of the molecule is COC(=O)CCn1cc(Cc2cccnc2)c2cc(NS(=O)(=O)c3ccc(F)cc3)ccc21. The Balaban J connectivity index is 1.70. The van der Waals surface area contributed by atoms with Crippen LogP contribution in [0.2, 0.25) is 0 Å². The molecule has 0 fully saturated rings. The Morgan fingerprint density at radius 2 is 1.94 bits per heavy atom. The van der Waals surface area contributed by atoms with Crippen LogP contribution >= 0.6 is 0 Å². The fraction of sp³-hybridized carbons (Fsp3) is 0.167. The molecule has 0 saturated carbocycles. The molecule has 0 aliphatic carbocycles. The quantitative estimate of drug-likeness (QED) is 0.394. The number of anilines is 1. The van der Waals surface area contributed by atoms with Crippen molar-refractivity contribution in [3.05, 3.63) is 90.1 Å². The van der Waals surface area contributed by atoms with Crippen molar-refractivity contribution in [2.75, 3.05) is 11.8 Å². The predicted octanol–water partition coefficient (Wildman–Crippen LogP) is 4.13. The number of rotatable bonds is 8. The molecule has 1 N–H and O–H groups in total. The molecular weight excluding hydrogens is 445 g/mol. The Bertz CT molecular complexity index is 1380. The van der Waals surface area contributed by atoms with Gasteiger partial charge in [0.2, 0.25) is 0 Å². The molecule has 4 rings (SSSR count). The summed E-state index contributed by atoms with van der Waals surface area (Å²) in [4.78, 5) is 15.8. The van der Waals surface area contributed by atoms with Crippen LogP contribution < -0.4 is 4.72 Å². The zero-order valence-corrected chi connectivity index (χ0v) is 18.7. The Morgan fingerprint density at radius 3 is 2.64 bits per heavy atom. The molecule has 2 heterocycles. The number of esters is 1. The summed E-state index contributed by atoms with van der Waals surface area (Å²) < 4.78 is 47.9. The number of fused-ring (bicyclic) bond motifs is 1. The number of sulfonamides is 1. The summed E-state index contributed by atoms with van der Waals surface area (Å²) in [5, 5.41) is 0.850. The van der Waals surface area contributed by atoms with E-state index in [1.807, 2.05) is 29.0 Å². The highest BCUT2D eigenvalue weighted by Gasteiger charge is 2.16. The van der Waals surface area contributed by atoms with Crippen LogP contribution in [0.5, 0.6) is 0 Å². The van der Waals surface area contributed by atoms with Gasteiger partial charge in [0.25, 0.3) is 10.0 Å². The molecule has 4 aromatic rings. The highest BCUT2D eigenvalue weighted by atomic mass is 32.2. The number of hydrogen-bond acceptors (Lipinski definition) is 5. The number of pyridine rings is 1. The second kappa shape index (κ2) is 9.41. The first kappa shape index (κ1) is 22.5. The van der Waals surface area contributed by atoms with Crippen LogP contribution in [-0.4, -0.2) is 31.0 Å². The number of aromatic nitrogens is 2. The van der Waals surface area contributed by atoms with Crippen LogP contribution in [0.25, 0.3) is 10.9 Å². The van der Waals surface area contributed by atoms with Gasteiger partial charge in [0.15, 0.2) is 0 Å². The van der Waals surface area contributed by atoms with E-state index in [1.54, 1.807) is 24.5 Å². The Labute approximate surface area is 190 Å². The van der Waals surface area contributed by atoms with E-state index in [9.17, 15) is 17.6 Å². The molecule has 0 unspecified atom stereocenters. The van der Waals surface area contributed by atoms with Crippen molar-refractivity contribution in [3.63, 3.8) is 0 Å². The average molecular weight is 468 g/mol. The van der Waals surface area contributed by atoms with Gasteiger partial charge in [-0.15, -0.1) is 0 Å². The molecule has 0 aliphatic rings. The summed E-state index contributed by atoms with van der Waals surface area (Å²) in [6.45, 7) is 0.427. The van der Waals surface area contributed by atoms with E-state index in [0.717, 1.165) is 34.2 Å². The third-order valence-corrected chi connectivity index (χ3v) is 6.64. The molecule has 170 valence electrons. The van der Waals surface area contributed by atoms with Crippen molar-refractivity contribution in [2.24, 2.45) is 0 Å². The summed E-state index contributed by atoms with van der Waals surface area (Å²) in [5.74, 6) is -0.821. The first-order chi connectivity index (χ1) is 15.9. The number of benzene rings is 2. The van der Waals surface area contributed by atoms with Crippen LogP contribution in [0.4, 0.5) is 10.1 Å². The van der Waals surface area contributed by atoms with E-state index in [4.69, 9.17) is 4.74 Å².